The number of hydrogen-bond donors (Lipinski definition) is 1. The average molecular weight is 325 g/mol. The summed E-state index contributed by atoms with van der Waals surface area (Å²) in [6, 6.07) is 10.7. The second-order valence-electron chi connectivity index (χ2n) is 6.26. The molecule has 0 aliphatic rings. The van der Waals surface area contributed by atoms with Gasteiger partial charge in [0.05, 0.1) is 11.7 Å². The fourth-order valence-electron chi connectivity index (χ4n) is 2.70. The molecule has 0 aliphatic carbocycles. The van der Waals surface area contributed by atoms with E-state index in [1.54, 1.807) is 38.1 Å². The molecular formula is C20H23NO3. The molecule has 4 heteroatoms. The monoisotopic (exact) mass is 325 g/mol. The highest BCUT2D eigenvalue weighted by molar-refractivity contribution is 6.06. The van der Waals surface area contributed by atoms with E-state index in [4.69, 9.17) is 4.74 Å². The number of nitrogens with one attached hydrogen (secondary N) is 1. The highest BCUT2D eigenvalue weighted by Gasteiger charge is 2.14. The van der Waals surface area contributed by atoms with Gasteiger partial charge in [-0.05, 0) is 70.0 Å². The Hall–Kier alpha value is -2.62. The van der Waals surface area contributed by atoms with Crippen LogP contribution in [0.1, 0.15) is 51.3 Å². The largest absolute Gasteiger partial charge is 0.459 e. The van der Waals surface area contributed by atoms with Crippen LogP contribution in [0.5, 0.6) is 0 Å². The zero-order valence-electron chi connectivity index (χ0n) is 14.8. The van der Waals surface area contributed by atoms with E-state index in [1.165, 1.54) is 0 Å². The van der Waals surface area contributed by atoms with Crippen LogP contribution in [0.25, 0.3) is 0 Å². The Morgan fingerprint density at radius 2 is 1.50 bits per heavy atom. The second kappa shape index (κ2) is 7.30. The van der Waals surface area contributed by atoms with Gasteiger partial charge < -0.3 is 10.1 Å². The molecule has 0 spiro atoms. The Morgan fingerprint density at radius 1 is 0.958 bits per heavy atom. The number of carbonyl (C=O) groups excluding carboxylic acids is 2. The van der Waals surface area contributed by atoms with Crippen LogP contribution in [-0.4, -0.2) is 18.0 Å². The first-order valence-electron chi connectivity index (χ1n) is 7.98. The molecule has 0 radical (unpaired) electrons. The molecular weight excluding hydrogens is 302 g/mol. The third kappa shape index (κ3) is 4.22. The van der Waals surface area contributed by atoms with Gasteiger partial charge in [-0.3, -0.25) is 4.79 Å². The summed E-state index contributed by atoms with van der Waals surface area (Å²) in [5, 5.41) is 2.88. The first-order valence-corrected chi connectivity index (χ1v) is 7.98. The summed E-state index contributed by atoms with van der Waals surface area (Å²) in [6.07, 6.45) is -0.163. The summed E-state index contributed by atoms with van der Waals surface area (Å²) in [4.78, 5) is 24.4. The summed E-state index contributed by atoms with van der Waals surface area (Å²) in [6.45, 7) is 9.48. The summed E-state index contributed by atoms with van der Waals surface area (Å²) in [7, 11) is 0. The number of rotatable bonds is 4. The molecule has 0 bridgehead atoms. The maximum atomic E-state index is 12.5. The molecule has 0 aliphatic heterocycles. The molecule has 1 amide bonds. The molecule has 24 heavy (non-hydrogen) atoms. The van der Waals surface area contributed by atoms with E-state index in [2.05, 4.69) is 5.32 Å². The van der Waals surface area contributed by atoms with Gasteiger partial charge in [0.25, 0.3) is 5.91 Å². The Balaban J connectivity index is 2.14. The van der Waals surface area contributed by atoms with Crippen molar-refractivity contribution in [2.75, 3.05) is 5.32 Å². The molecule has 2 aromatic carbocycles. The van der Waals surface area contributed by atoms with Gasteiger partial charge in [0.2, 0.25) is 0 Å². The standard InChI is InChI=1S/C20H23NO3/c1-12(2)24-20(23)16-6-8-17(9-7-16)21-19(22)18-14(4)10-13(3)11-15(18)5/h6-12H,1-5H3,(H,21,22). The van der Waals surface area contributed by atoms with E-state index in [9.17, 15) is 9.59 Å². The number of esters is 1. The van der Waals surface area contributed by atoms with Crippen LogP contribution in [-0.2, 0) is 4.74 Å². The van der Waals surface area contributed by atoms with Crippen LogP contribution in [0.2, 0.25) is 0 Å². The summed E-state index contributed by atoms with van der Waals surface area (Å²) >= 11 is 0. The van der Waals surface area contributed by atoms with Gasteiger partial charge in [-0.1, -0.05) is 17.7 Å². The van der Waals surface area contributed by atoms with Crippen molar-refractivity contribution in [3.63, 3.8) is 0 Å². The number of amides is 1. The lowest BCUT2D eigenvalue weighted by Crippen LogP contribution is -2.15. The molecule has 2 aromatic rings. The van der Waals surface area contributed by atoms with Crippen molar-refractivity contribution in [3.8, 4) is 0 Å². The van der Waals surface area contributed by atoms with Gasteiger partial charge in [-0.2, -0.15) is 0 Å². The van der Waals surface area contributed by atoms with Crippen molar-refractivity contribution in [1.82, 2.24) is 0 Å². The van der Waals surface area contributed by atoms with Crippen LogP contribution in [0.4, 0.5) is 5.69 Å². The molecule has 4 nitrogen and oxygen atoms in total. The first-order chi connectivity index (χ1) is 11.3. The van der Waals surface area contributed by atoms with Crippen LogP contribution in [0.3, 0.4) is 0 Å². The molecule has 2 rings (SSSR count). The van der Waals surface area contributed by atoms with Crippen molar-refractivity contribution in [3.05, 3.63) is 64.2 Å². The smallest absolute Gasteiger partial charge is 0.338 e. The minimum atomic E-state index is -0.367. The molecule has 0 heterocycles. The Bertz CT molecular complexity index is 738. The zero-order valence-corrected chi connectivity index (χ0v) is 14.8. The predicted molar refractivity (Wildman–Crippen MR) is 95.6 cm³/mol. The predicted octanol–water partition coefficient (Wildman–Crippen LogP) is 4.43. The van der Waals surface area contributed by atoms with Crippen molar-refractivity contribution < 1.29 is 14.3 Å². The van der Waals surface area contributed by atoms with Crippen molar-refractivity contribution in [2.45, 2.75) is 40.7 Å². The van der Waals surface area contributed by atoms with Gasteiger partial charge in [0, 0.05) is 11.3 Å². The number of hydrogen-bond acceptors (Lipinski definition) is 3. The number of carbonyl (C=O) groups is 2. The minimum Gasteiger partial charge on any atom is -0.459 e. The number of aryl methyl sites for hydroxylation is 3. The fraction of sp³-hybridized carbons (Fsp3) is 0.300. The molecule has 0 fully saturated rings. The minimum absolute atomic E-state index is 0.150. The maximum absolute atomic E-state index is 12.5. The van der Waals surface area contributed by atoms with Gasteiger partial charge in [0.15, 0.2) is 0 Å². The third-order valence-corrected chi connectivity index (χ3v) is 3.63. The first kappa shape index (κ1) is 17.7. The van der Waals surface area contributed by atoms with Crippen molar-refractivity contribution in [1.29, 1.82) is 0 Å². The molecule has 0 unspecified atom stereocenters. The lowest BCUT2D eigenvalue weighted by atomic mass is 9.99. The number of benzene rings is 2. The van der Waals surface area contributed by atoms with E-state index in [-0.39, 0.29) is 18.0 Å². The number of ether oxygens (including phenoxy) is 1. The van der Waals surface area contributed by atoms with Crippen LogP contribution in [0, 0.1) is 20.8 Å². The van der Waals surface area contributed by atoms with Crippen molar-refractivity contribution >= 4 is 17.6 Å². The molecule has 1 N–H and O–H groups in total. The van der Waals surface area contributed by atoms with E-state index >= 15 is 0 Å². The lowest BCUT2D eigenvalue weighted by molar-refractivity contribution is 0.0378. The fourth-order valence-corrected chi connectivity index (χ4v) is 2.70. The summed E-state index contributed by atoms with van der Waals surface area (Å²) in [5.74, 6) is -0.518. The maximum Gasteiger partial charge on any atom is 0.338 e. The van der Waals surface area contributed by atoms with Gasteiger partial charge in [-0.25, -0.2) is 4.79 Å². The average Bonchev–Trinajstić information content (AvgIpc) is 2.46. The van der Waals surface area contributed by atoms with Gasteiger partial charge in [0.1, 0.15) is 0 Å². The molecule has 126 valence electrons. The molecule has 0 atom stereocenters. The zero-order chi connectivity index (χ0) is 17.9. The van der Waals surface area contributed by atoms with Crippen molar-refractivity contribution in [2.24, 2.45) is 0 Å². The highest BCUT2D eigenvalue weighted by atomic mass is 16.5. The van der Waals surface area contributed by atoms with E-state index in [1.807, 2.05) is 32.9 Å². The molecule has 0 aromatic heterocycles. The van der Waals surface area contributed by atoms with E-state index in [0.29, 0.717) is 16.8 Å². The summed E-state index contributed by atoms with van der Waals surface area (Å²) < 4.78 is 5.14. The quantitative estimate of drug-likeness (QED) is 0.846. The number of anilines is 1. The molecule has 0 saturated heterocycles. The van der Waals surface area contributed by atoms with Gasteiger partial charge in [-0.15, -0.1) is 0 Å². The van der Waals surface area contributed by atoms with E-state index < -0.39 is 0 Å². The SMILES string of the molecule is Cc1cc(C)c(C(=O)Nc2ccc(C(=O)OC(C)C)cc2)c(C)c1. The van der Waals surface area contributed by atoms with E-state index in [0.717, 1.165) is 16.7 Å². The lowest BCUT2D eigenvalue weighted by Gasteiger charge is -2.12. The second-order valence-corrected chi connectivity index (χ2v) is 6.26. The van der Waals surface area contributed by atoms with Crippen LogP contribution < -0.4 is 5.32 Å². The molecule has 0 saturated carbocycles. The van der Waals surface area contributed by atoms with Crippen LogP contribution >= 0.6 is 0 Å². The highest BCUT2D eigenvalue weighted by Crippen LogP contribution is 2.19. The van der Waals surface area contributed by atoms with Gasteiger partial charge >= 0.3 is 5.97 Å². The third-order valence-electron chi connectivity index (χ3n) is 3.63. The Labute approximate surface area is 142 Å². The summed E-state index contributed by atoms with van der Waals surface area (Å²) in [5.41, 5.74) is 4.81. The van der Waals surface area contributed by atoms with Crippen LogP contribution in [0.15, 0.2) is 36.4 Å². The Kier molecular flexibility index (Phi) is 5.39. The topological polar surface area (TPSA) is 55.4 Å². The Morgan fingerprint density at radius 3 is 2.00 bits per heavy atom. The normalized spacial score (nSPS) is 10.6.